The fourth-order valence-electron chi connectivity index (χ4n) is 2.04. The van der Waals surface area contributed by atoms with E-state index in [2.05, 4.69) is 5.32 Å². The topological polar surface area (TPSA) is 49.3 Å². The molecule has 1 aromatic rings. The molecule has 3 nitrogen and oxygen atoms in total. The van der Waals surface area contributed by atoms with Gasteiger partial charge >= 0.3 is 5.97 Å². The highest BCUT2D eigenvalue weighted by atomic mass is 32.1. The number of piperidine rings is 1. The van der Waals surface area contributed by atoms with Gasteiger partial charge in [0.2, 0.25) is 0 Å². The highest BCUT2D eigenvalue weighted by Crippen LogP contribution is 2.30. The van der Waals surface area contributed by atoms with Crippen molar-refractivity contribution in [1.29, 1.82) is 0 Å². The molecule has 1 aliphatic rings. The quantitative estimate of drug-likeness (QED) is 0.829. The van der Waals surface area contributed by atoms with E-state index in [9.17, 15) is 4.79 Å². The first-order valence-electron chi connectivity index (χ1n) is 5.29. The van der Waals surface area contributed by atoms with Gasteiger partial charge in [-0.05, 0) is 36.4 Å². The molecule has 1 atom stereocenters. The van der Waals surface area contributed by atoms with Crippen molar-refractivity contribution in [1.82, 2.24) is 5.32 Å². The number of carboxylic acid groups (broad SMARTS) is 1. The van der Waals surface area contributed by atoms with Crippen LogP contribution in [0.1, 0.15) is 35.7 Å². The van der Waals surface area contributed by atoms with E-state index < -0.39 is 5.97 Å². The van der Waals surface area contributed by atoms with E-state index in [0.29, 0.717) is 6.04 Å². The van der Waals surface area contributed by atoms with Crippen LogP contribution in [0.5, 0.6) is 0 Å². The second-order valence-electron chi connectivity index (χ2n) is 3.88. The summed E-state index contributed by atoms with van der Waals surface area (Å²) in [5.41, 5.74) is 0.979. The van der Waals surface area contributed by atoms with Crippen molar-refractivity contribution in [2.45, 2.75) is 31.7 Å². The molecule has 2 N–H and O–H groups in total. The zero-order valence-electron chi connectivity index (χ0n) is 8.53. The molecule has 0 aliphatic carbocycles. The zero-order valence-corrected chi connectivity index (χ0v) is 9.35. The summed E-state index contributed by atoms with van der Waals surface area (Å²) < 4.78 is 0. The number of thiophene rings is 1. The first kappa shape index (κ1) is 10.6. The molecule has 0 bridgehead atoms. The van der Waals surface area contributed by atoms with E-state index in [4.69, 9.17) is 5.11 Å². The van der Waals surface area contributed by atoms with Crippen LogP contribution in [0.2, 0.25) is 0 Å². The minimum absolute atomic E-state index is 0.150. The molecule has 2 heterocycles. The van der Waals surface area contributed by atoms with Crippen molar-refractivity contribution in [2.24, 2.45) is 0 Å². The van der Waals surface area contributed by atoms with Gasteiger partial charge in [-0.2, -0.15) is 0 Å². The first-order valence-corrected chi connectivity index (χ1v) is 6.17. The average molecular weight is 225 g/mol. The van der Waals surface area contributed by atoms with Crippen molar-refractivity contribution >= 4 is 17.3 Å². The van der Waals surface area contributed by atoms with E-state index in [-0.39, 0.29) is 6.42 Å². The maximum absolute atomic E-state index is 10.7. The molecule has 1 fully saturated rings. The molecule has 82 valence electrons. The summed E-state index contributed by atoms with van der Waals surface area (Å²) >= 11 is 1.67. The van der Waals surface area contributed by atoms with Crippen LogP contribution in [0.4, 0.5) is 0 Å². The molecule has 0 amide bonds. The van der Waals surface area contributed by atoms with Gasteiger partial charge in [0.05, 0.1) is 6.42 Å². The van der Waals surface area contributed by atoms with Gasteiger partial charge in [-0.3, -0.25) is 4.79 Å². The van der Waals surface area contributed by atoms with Crippen molar-refractivity contribution in [2.75, 3.05) is 6.54 Å². The van der Waals surface area contributed by atoms with Crippen molar-refractivity contribution in [3.8, 4) is 0 Å². The SMILES string of the molecule is O=C(O)Cc1ccsc1[C@H]1CCCCN1. The molecular weight excluding hydrogens is 210 g/mol. The summed E-state index contributed by atoms with van der Waals surface area (Å²) in [4.78, 5) is 11.9. The standard InChI is InChI=1S/C11H15NO2S/c13-10(14)7-8-4-6-15-11(8)9-3-1-2-5-12-9/h4,6,9,12H,1-3,5,7H2,(H,13,14)/t9-/m1/s1. The second kappa shape index (κ2) is 4.77. The number of hydrogen-bond acceptors (Lipinski definition) is 3. The lowest BCUT2D eigenvalue weighted by Gasteiger charge is -2.23. The predicted molar refractivity (Wildman–Crippen MR) is 60.3 cm³/mol. The Bertz CT molecular complexity index is 342. The van der Waals surface area contributed by atoms with Gasteiger partial charge in [-0.25, -0.2) is 0 Å². The van der Waals surface area contributed by atoms with Gasteiger partial charge in [-0.1, -0.05) is 6.42 Å². The Balaban J connectivity index is 2.12. The van der Waals surface area contributed by atoms with E-state index in [0.717, 1.165) is 18.5 Å². The molecule has 0 aromatic carbocycles. The predicted octanol–water partition coefficient (Wildman–Crippen LogP) is 2.19. The Labute approximate surface area is 93.1 Å². The molecule has 0 radical (unpaired) electrons. The van der Waals surface area contributed by atoms with Crippen molar-refractivity contribution < 1.29 is 9.90 Å². The average Bonchev–Trinajstić information content (AvgIpc) is 2.66. The van der Waals surface area contributed by atoms with Crippen molar-refractivity contribution in [3.05, 3.63) is 21.9 Å². The number of aliphatic carboxylic acids is 1. The molecule has 0 spiro atoms. The molecule has 1 aliphatic heterocycles. The maximum atomic E-state index is 10.7. The number of hydrogen-bond donors (Lipinski definition) is 2. The molecular formula is C11H15NO2S. The Morgan fingerprint density at radius 2 is 2.47 bits per heavy atom. The third-order valence-corrected chi connectivity index (χ3v) is 3.82. The Hall–Kier alpha value is -0.870. The van der Waals surface area contributed by atoms with Crippen LogP contribution in [-0.4, -0.2) is 17.6 Å². The number of rotatable bonds is 3. The van der Waals surface area contributed by atoms with Gasteiger partial charge in [0, 0.05) is 10.9 Å². The van der Waals surface area contributed by atoms with Gasteiger partial charge in [0.25, 0.3) is 0 Å². The van der Waals surface area contributed by atoms with Gasteiger partial charge < -0.3 is 10.4 Å². The smallest absolute Gasteiger partial charge is 0.307 e. The summed E-state index contributed by atoms with van der Waals surface area (Å²) in [7, 11) is 0. The van der Waals surface area contributed by atoms with Crippen LogP contribution in [0.3, 0.4) is 0 Å². The van der Waals surface area contributed by atoms with Crippen LogP contribution in [-0.2, 0) is 11.2 Å². The van der Waals surface area contributed by atoms with E-state index in [1.807, 2.05) is 11.4 Å². The lowest BCUT2D eigenvalue weighted by Crippen LogP contribution is -2.26. The van der Waals surface area contributed by atoms with Crippen LogP contribution >= 0.6 is 11.3 Å². The van der Waals surface area contributed by atoms with Gasteiger partial charge in [0.1, 0.15) is 0 Å². The van der Waals surface area contributed by atoms with Crippen LogP contribution in [0, 0.1) is 0 Å². The number of carboxylic acids is 1. The fourth-order valence-corrected chi connectivity index (χ4v) is 3.07. The zero-order chi connectivity index (χ0) is 10.7. The van der Waals surface area contributed by atoms with Gasteiger partial charge in [0.15, 0.2) is 0 Å². The highest BCUT2D eigenvalue weighted by molar-refractivity contribution is 7.10. The van der Waals surface area contributed by atoms with E-state index in [1.54, 1.807) is 11.3 Å². The van der Waals surface area contributed by atoms with Crippen molar-refractivity contribution in [3.63, 3.8) is 0 Å². The monoisotopic (exact) mass is 225 g/mol. The Morgan fingerprint density at radius 3 is 3.13 bits per heavy atom. The summed E-state index contributed by atoms with van der Waals surface area (Å²) in [5.74, 6) is -0.745. The largest absolute Gasteiger partial charge is 0.481 e. The van der Waals surface area contributed by atoms with Crippen LogP contribution < -0.4 is 5.32 Å². The molecule has 0 saturated carbocycles. The summed E-state index contributed by atoms with van der Waals surface area (Å²) in [6, 6.07) is 2.32. The summed E-state index contributed by atoms with van der Waals surface area (Å²) in [6.45, 7) is 1.05. The third-order valence-electron chi connectivity index (χ3n) is 2.75. The van der Waals surface area contributed by atoms with E-state index >= 15 is 0 Å². The third kappa shape index (κ3) is 2.58. The van der Waals surface area contributed by atoms with Gasteiger partial charge in [-0.15, -0.1) is 11.3 Å². The fraction of sp³-hybridized carbons (Fsp3) is 0.545. The molecule has 0 unspecified atom stereocenters. The minimum atomic E-state index is -0.745. The molecule has 1 saturated heterocycles. The van der Waals surface area contributed by atoms with E-state index in [1.165, 1.54) is 17.7 Å². The van der Waals surface area contributed by atoms with Crippen LogP contribution in [0.25, 0.3) is 0 Å². The number of carbonyl (C=O) groups is 1. The molecule has 1 aromatic heterocycles. The Morgan fingerprint density at radius 1 is 1.60 bits per heavy atom. The first-order chi connectivity index (χ1) is 7.27. The van der Waals surface area contributed by atoms with Crippen LogP contribution in [0.15, 0.2) is 11.4 Å². The minimum Gasteiger partial charge on any atom is -0.481 e. The molecule has 2 rings (SSSR count). The molecule has 15 heavy (non-hydrogen) atoms. The molecule has 4 heteroatoms. The second-order valence-corrected chi connectivity index (χ2v) is 4.83. The number of nitrogens with one attached hydrogen (secondary N) is 1. The normalized spacial score (nSPS) is 21.5. The maximum Gasteiger partial charge on any atom is 0.307 e. The Kier molecular flexibility index (Phi) is 3.38. The lowest BCUT2D eigenvalue weighted by molar-refractivity contribution is -0.136. The summed E-state index contributed by atoms with van der Waals surface area (Å²) in [6.07, 6.45) is 3.75. The summed E-state index contributed by atoms with van der Waals surface area (Å²) in [5, 5.41) is 14.2. The lowest BCUT2D eigenvalue weighted by atomic mass is 10.00. The highest BCUT2D eigenvalue weighted by Gasteiger charge is 2.19.